The molecule has 4 N–H and O–H groups in total. The zero-order chi connectivity index (χ0) is 9.26. The lowest BCUT2D eigenvalue weighted by molar-refractivity contribution is 0.893. The van der Waals surface area contributed by atoms with Crippen LogP contribution in [0.25, 0.3) is 11.2 Å². The Balaban J connectivity index is 2.64. The van der Waals surface area contributed by atoms with Crippen LogP contribution in [0, 0.1) is 0 Å². The number of rotatable bonds is 2. The molecular formula is C6H9N7. The molecule has 0 atom stereocenters. The Morgan fingerprint density at radius 2 is 2.31 bits per heavy atom. The normalized spacial score (nSPS) is 10.3. The summed E-state index contributed by atoms with van der Waals surface area (Å²) >= 11 is 0. The molecule has 0 aliphatic heterocycles. The minimum absolute atomic E-state index is 0.532. The van der Waals surface area contributed by atoms with E-state index in [1.165, 1.54) is 4.68 Å². The molecule has 0 saturated heterocycles. The van der Waals surface area contributed by atoms with Crippen molar-refractivity contribution < 1.29 is 0 Å². The zero-order valence-corrected chi connectivity index (χ0v) is 7.02. The van der Waals surface area contributed by atoms with E-state index < -0.39 is 0 Å². The number of hydrogen-bond acceptors (Lipinski definition) is 6. The molecule has 2 aromatic heterocycles. The van der Waals surface area contributed by atoms with Crippen molar-refractivity contribution in [3.63, 3.8) is 0 Å². The monoisotopic (exact) mass is 179 g/mol. The highest BCUT2D eigenvalue weighted by Crippen LogP contribution is 2.08. The van der Waals surface area contributed by atoms with Crippen molar-refractivity contribution in [2.75, 3.05) is 17.9 Å². The second kappa shape index (κ2) is 2.87. The quantitative estimate of drug-likeness (QED) is 0.416. The lowest BCUT2D eigenvalue weighted by Gasteiger charge is -2.01. The summed E-state index contributed by atoms with van der Waals surface area (Å²) in [6.45, 7) is 0. The molecule has 0 unspecified atom stereocenters. The average Bonchev–Trinajstić information content (AvgIpc) is 2.59. The first-order valence-electron chi connectivity index (χ1n) is 3.69. The molecule has 0 spiro atoms. The van der Waals surface area contributed by atoms with Crippen molar-refractivity contribution in [2.24, 2.45) is 5.84 Å². The fourth-order valence-electron chi connectivity index (χ4n) is 1.02. The van der Waals surface area contributed by atoms with Gasteiger partial charge in [-0.3, -0.25) is 5.53 Å². The van der Waals surface area contributed by atoms with Crippen molar-refractivity contribution in [1.82, 2.24) is 19.6 Å². The molecule has 68 valence electrons. The third-order valence-electron chi connectivity index (χ3n) is 1.65. The lowest BCUT2D eigenvalue weighted by Crippen LogP contribution is -2.20. The Kier molecular flexibility index (Phi) is 1.71. The minimum Gasteiger partial charge on any atom is -0.357 e. The van der Waals surface area contributed by atoms with E-state index in [1.54, 1.807) is 19.6 Å². The van der Waals surface area contributed by atoms with Crippen LogP contribution in [0.3, 0.4) is 0 Å². The molecule has 0 radical (unpaired) electrons. The number of nitrogens with two attached hydrogens (primary N) is 1. The van der Waals surface area contributed by atoms with Gasteiger partial charge in [0.15, 0.2) is 5.65 Å². The number of nitrogens with one attached hydrogen (secondary N) is 2. The highest BCUT2D eigenvalue weighted by atomic mass is 15.6. The summed E-state index contributed by atoms with van der Waals surface area (Å²) < 4.78 is 1.51. The fraction of sp³-hybridized carbons (Fsp3) is 0.167. The van der Waals surface area contributed by atoms with Crippen LogP contribution in [0.4, 0.5) is 5.95 Å². The van der Waals surface area contributed by atoms with E-state index in [1.807, 2.05) is 0 Å². The molecule has 2 aromatic rings. The van der Waals surface area contributed by atoms with E-state index in [-0.39, 0.29) is 0 Å². The van der Waals surface area contributed by atoms with Crippen LogP contribution in [0.2, 0.25) is 0 Å². The summed E-state index contributed by atoms with van der Waals surface area (Å²) in [6.07, 6.45) is 3.17. The van der Waals surface area contributed by atoms with Gasteiger partial charge in [0.05, 0.1) is 6.20 Å². The molecule has 0 bridgehead atoms. The van der Waals surface area contributed by atoms with Gasteiger partial charge in [-0.15, -0.1) is 0 Å². The van der Waals surface area contributed by atoms with Gasteiger partial charge < -0.3 is 5.32 Å². The van der Waals surface area contributed by atoms with Gasteiger partial charge in [0.1, 0.15) is 11.8 Å². The molecule has 0 fully saturated rings. The third-order valence-corrected chi connectivity index (χ3v) is 1.65. The van der Waals surface area contributed by atoms with E-state index in [4.69, 9.17) is 5.84 Å². The number of nitrogens with zero attached hydrogens (tertiary/aromatic N) is 4. The number of anilines is 1. The van der Waals surface area contributed by atoms with Crippen molar-refractivity contribution in [1.29, 1.82) is 0 Å². The molecule has 0 amide bonds. The molecule has 2 heterocycles. The summed E-state index contributed by atoms with van der Waals surface area (Å²) in [6, 6.07) is 0. The van der Waals surface area contributed by atoms with Crippen LogP contribution in [0.1, 0.15) is 0 Å². The van der Waals surface area contributed by atoms with E-state index in [2.05, 4.69) is 25.8 Å². The van der Waals surface area contributed by atoms with Crippen LogP contribution in [0.15, 0.2) is 12.5 Å². The molecule has 7 nitrogen and oxygen atoms in total. The summed E-state index contributed by atoms with van der Waals surface area (Å²) in [5, 5.41) is 2.83. The fourth-order valence-corrected chi connectivity index (χ4v) is 1.02. The van der Waals surface area contributed by atoms with Crippen LogP contribution >= 0.6 is 0 Å². The second-order valence-electron chi connectivity index (χ2n) is 2.40. The number of aromatic nitrogens is 4. The Morgan fingerprint density at radius 3 is 3.00 bits per heavy atom. The van der Waals surface area contributed by atoms with E-state index in [0.29, 0.717) is 17.1 Å². The van der Waals surface area contributed by atoms with Gasteiger partial charge in [-0.05, 0) is 0 Å². The Labute approximate surface area is 73.9 Å². The lowest BCUT2D eigenvalue weighted by atomic mass is 10.5. The first kappa shape index (κ1) is 7.74. The van der Waals surface area contributed by atoms with Crippen molar-refractivity contribution in [2.45, 2.75) is 0 Å². The summed E-state index contributed by atoms with van der Waals surface area (Å²) in [4.78, 5) is 12.2. The van der Waals surface area contributed by atoms with Gasteiger partial charge in [0, 0.05) is 7.05 Å². The van der Waals surface area contributed by atoms with Crippen LogP contribution in [-0.4, -0.2) is 26.7 Å². The minimum atomic E-state index is 0.532. The van der Waals surface area contributed by atoms with Gasteiger partial charge >= 0.3 is 0 Å². The SMILES string of the molecule is CNc1ncc2ncn(NN)c2n1. The average molecular weight is 179 g/mol. The standard InChI is InChI=1S/C6H9N7/c1-8-6-9-2-4-5(11-6)13(12-7)3-10-4/h2-3,12H,7H2,1H3,(H,8,9,11). The molecule has 0 saturated carbocycles. The number of nitrogen functional groups attached to an aromatic ring is 1. The van der Waals surface area contributed by atoms with Gasteiger partial charge in [-0.1, -0.05) is 0 Å². The Morgan fingerprint density at radius 1 is 1.46 bits per heavy atom. The number of fused-ring (bicyclic) bond motifs is 1. The molecule has 0 aliphatic carbocycles. The predicted octanol–water partition coefficient (Wildman–Crippen LogP) is -0.715. The highest BCUT2D eigenvalue weighted by molar-refractivity contribution is 5.70. The zero-order valence-electron chi connectivity index (χ0n) is 7.02. The maximum absolute atomic E-state index is 5.24. The third kappa shape index (κ3) is 1.14. The summed E-state index contributed by atoms with van der Waals surface area (Å²) in [5.41, 5.74) is 3.77. The maximum atomic E-state index is 5.24. The van der Waals surface area contributed by atoms with Gasteiger partial charge in [0.2, 0.25) is 5.95 Å². The largest absolute Gasteiger partial charge is 0.357 e. The Bertz CT molecular complexity index is 420. The van der Waals surface area contributed by atoms with Crippen molar-refractivity contribution >= 4 is 17.1 Å². The van der Waals surface area contributed by atoms with Gasteiger partial charge in [-0.25, -0.2) is 20.5 Å². The molecule has 7 heteroatoms. The van der Waals surface area contributed by atoms with Crippen LogP contribution < -0.4 is 16.7 Å². The number of hydrazine groups is 1. The molecule has 13 heavy (non-hydrogen) atoms. The first-order valence-corrected chi connectivity index (χ1v) is 3.69. The highest BCUT2D eigenvalue weighted by Gasteiger charge is 2.03. The topological polar surface area (TPSA) is 93.7 Å². The van der Waals surface area contributed by atoms with Crippen LogP contribution in [-0.2, 0) is 0 Å². The molecule has 0 aromatic carbocycles. The summed E-state index contributed by atoms with van der Waals surface area (Å²) in [5.74, 6) is 5.78. The first-order chi connectivity index (χ1) is 6.35. The number of imidazole rings is 1. The number of hydrogen-bond donors (Lipinski definition) is 3. The molecular weight excluding hydrogens is 170 g/mol. The van der Waals surface area contributed by atoms with Crippen molar-refractivity contribution in [3.8, 4) is 0 Å². The van der Waals surface area contributed by atoms with E-state index in [9.17, 15) is 0 Å². The van der Waals surface area contributed by atoms with Gasteiger partial charge in [0.25, 0.3) is 0 Å². The van der Waals surface area contributed by atoms with E-state index in [0.717, 1.165) is 0 Å². The van der Waals surface area contributed by atoms with Crippen LogP contribution in [0.5, 0.6) is 0 Å². The summed E-state index contributed by atoms with van der Waals surface area (Å²) in [7, 11) is 1.75. The predicted molar refractivity (Wildman–Crippen MR) is 48.4 cm³/mol. The van der Waals surface area contributed by atoms with Crippen molar-refractivity contribution in [3.05, 3.63) is 12.5 Å². The smallest absolute Gasteiger partial charge is 0.224 e. The molecule has 2 rings (SSSR count). The van der Waals surface area contributed by atoms with E-state index >= 15 is 0 Å². The Hall–Kier alpha value is -1.89. The second-order valence-corrected chi connectivity index (χ2v) is 2.40. The maximum Gasteiger partial charge on any atom is 0.224 e. The molecule has 0 aliphatic rings. The van der Waals surface area contributed by atoms with Gasteiger partial charge in [-0.2, -0.15) is 4.98 Å².